The molecule has 4 aromatic rings. The number of benzene rings is 2. The molecule has 2 heterocycles. The van der Waals surface area contributed by atoms with Crippen molar-refractivity contribution < 1.29 is 4.79 Å². The van der Waals surface area contributed by atoms with Crippen LogP contribution in [0.1, 0.15) is 11.1 Å². The second kappa shape index (κ2) is 8.83. The van der Waals surface area contributed by atoms with Gasteiger partial charge in [0.1, 0.15) is 0 Å². The van der Waals surface area contributed by atoms with Crippen molar-refractivity contribution in [3.05, 3.63) is 82.4 Å². The Morgan fingerprint density at radius 2 is 1.90 bits per heavy atom. The Kier molecular flexibility index (Phi) is 5.81. The summed E-state index contributed by atoms with van der Waals surface area (Å²) < 4.78 is 1.54. The number of nitrogens with one attached hydrogen (secondary N) is 3. The van der Waals surface area contributed by atoms with Gasteiger partial charge >= 0.3 is 5.69 Å². The molecule has 2 aromatic heterocycles. The zero-order valence-corrected chi connectivity index (χ0v) is 16.5. The van der Waals surface area contributed by atoms with E-state index in [1.807, 2.05) is 54.7 Å². The molecule has 8 heteroatoms. The van der Waals surface area contributed by atoms with Crippen molar-refractivity contribution in [3.8, 4) is 0 Å². The van der Waals surface area contributed by atoms with E-state index in [0.29, 0.717) is 18.2 Å². The quantitative estimate of drug-likeness (QED) is 0.391. The number of carbonyl (C=O) groups excluding carboxylic acids is 1. The lowest BCUT2D eigenvalue weighted by Gasteiger charge is -2.07. The molecular formula is C21H21N5O2S. The Labute approximate surface area is 171 Å². The first-order valence-corrected chi connectivity index (χ1v) is 10.3. The Hall–Kier alpha value is -3.26. The zero-order valence-electron chi connectivity index (χ0n) is 15.7. The van der Waals surface area contributed by atoms with E-state index in [1.54, 1.807) is 4.57 Å². The molecule has 0 saturated carbocycles. The van der Waals surface area contributed by atoms with Crippen molar-refractivity contribution in [2.45, 2.75) is 18.1 Å². The maximum Gasteiger partial charge on any atom is 0.344 e. The first-order valence-electron chi connectivity index (χ1n) is 9.34. The number of carbonyl (C=O) groups is 1. The van der Waals surface area contributed by atoms with E-state index in [4.69, 9.17) is 0 Å². The summed E-state index contributed by atoms with van der Waals surface area (Å²) in [5.41, 5.74) is 2.99. The topological polar surface area (TPSA) is 95.6 Å². The Balaban J connectivity index is 1.29. The van der Waals surface area contributed by atoms with Crippen molar-refractivity contribution in [3.63, 3.8) is 0 Å². The van der Waals surface area contributed by atoms with Crippen molar-refractivity contribution in [2.75, 3.05) is 12.3 Å². The largest absolute Gasteiger partial charge is 0.361 e. The van der Waals surface area contributed by atoms with Crippen LogP contribution in [0.5, 0.6) is 0 Å². The number of aromatic amines is 2. The molecule has 0 bridgehead atoms. The van der Waals surface area contributed by atoms with E-state index in [9.17, 15) is 9.59 Å². The van der Waals surface area contributed by atoms with Crippen molar-refractivity contribution in [1.82, 2.24) is 25.1 Å². The SMILES string of the molecule is O=C(CSc1n[nH]c(=O)n1Cc1ccccc1)NCCc1c[nH]c2ccccc12. The minimum absolute atomic E-state index is 0.0865. The van der Waals surface area contributed by atoms with Crippen LogP contribution in [0, 0.1) is 0 Å². The smallest absolute Gasteiger partial charge is 0.344 e. The van der Waals surface area contributed by atoms with Crippen LogP contribution in [-0.2, 0) is 17.8 Å². The fourth-order valence-corrected chi connectivity index (χ4v) is 3.95. The van der Waals surface area contributed by atoms with Gasteiger partial charge in [-0.1, -0.05) is 60.3 Å². The van der Waals surface area contributed by atoms with Gasteiger partial charge in [-0.2, -0.15) is 0 Å². The molecule has 0 spiro atoms. The molecule has 0 aliphatic rings. The molecule has 3 N–H and O–H groups in total. The summed E-state index contributed by atoms with van der Waals surface area (Å²) in [6.07, 6.45) is 2.74. The molecule has 0 fully saturated rings. The number of fused-ring (bicyclic) bond motifs is 1. The summed E-state index contributed by atoms with van der Waals surface area (Å²) in [7, 11) is 0. The molecule has 0 saturated heterocycles. The summed E-state index contributed by atoms with van der Waals surface area (Å²) in [6.45, 7) is 0.972. The maximum absolute atomic E-state index is 12.2. The molecule has 148 valence electrons. The molecule has 7 nitrogen and oxygen atoms in total. The van der Waals surface area contributed by atoms with E-state index in [0.717, 1.165) is 17.5 Å². The lowest BCUT2D eigenvalue weighted by atomic mass is 10.1. The number of H-pyrrole nitrogens is 2. The third-order valence-electron chi connectivity index (χ3n) is 4.63. The molecule has 1 amide bonds. The second-order valence-corrected chi connectivity index (χ2v) is 7.57. The summed E-state index contributed by atoms with van der Waals surface area (Å²) in [6, 6.07) is 17.8. The fourth-order valence-electron chi connectivity index (χ4n) is 3.18. The van der Waals surface area contributed by atoms with E-state index < -0.39 is 0 Å². The molecule has 0 unspecified atom stereocenters. The molecule has 0 atom stereocenters. The predicted octanol–water partition coefficient (Wildman–Crippen LogP) is 2.55. The third kappa shape index (κ3) is 4.60. The number of thioether (sulfide) groups is 1. The van der Waals surface area contributed by atoms with Gasteiger partial charge in [0.25, 0.3) is 0 Å². The van der Waals surface area contributed by atoms with Crippen molar-refractivity contribution >= 4 is 28.6 Å². The fraction of sp³-hybridized carbons (Fsp3) is 0.190. The molecule has 29 heavy (non-hydrogen) atoms. The van der Waals surface area contributed by atoms with Crippen molar-refractivity contribution in [1.29, 1.82) is 0 Å². The van der Waals surface area contributed by atoms with Crippen LogP contribution in [0.3, 0.4) is 0 Å². The van der Waals surface area contributed by atoms with Crippen LogP contribution < -0.4 is 11.0 Å². The minimum Gasteiger partial charge on any atom is -0.361 e. The van der Waals surface area contributed by atoms with Gasteiger partial charge in [-0.15, -0.1) is 5.10 Å². The Morgan fingerprint density at radius 1 is 1.10 bits per heavy atom. The van der Waals surface area contributed by atoms with Crippen LogP contribution in [0.15, 0.2) is 70.7 Å². The van der Waals surface area contributed by atoms with E-state index >= 15 is 0 Å². The van der Waals surface area contributed by atoms with E-state index in [-0.39, 0.29) is 17.3 Å². The van der Waals surface area contributed by atoms with Gasteiger partial charge in [0.05, 0.1) is 12.3 Å². The minimum atomic E-state index is -0.281. The van der Waals surface area contributed by atoms with E-state index in [2.05, 4.69) is 26.6 Å². The van der Waals surface area contributed by atoms with E-state index in [1.165, 1.54) is 22.7 Å². The molecule has 2 aromatic carbocycles. The predicted molar refractivity (Wildman–Crippen MR) is 114 cm³/mol. The van der Waals surface area contributed by atoms with Gasteiger partial charge in [-0.25, -0.2) is 9.89 Å². The number of para-hydroxylation sites is 1. The van der Waals surface area contributed by atoms with Gasteiger partial charge in [0.15, 0.2) is 5.16 Å². The number of hydrogen-bond acceptors (Lipinski definition) is 4. The lowest BCUT2D eigenvalue weighted by molar-refractivity contribution is -0.118. The van der Waals surface area contributed by atoms with Crippen LogP contribution in [-0.4, -0.2) is 38.0 Å². The number of hydrogen-bond donors (Lipinski definition) is 3. The van der Waals surface area contributed by atoms with Gasteiger partial charge in [-0.3, -0.25) is 9.36 Å². The highest BCUT2D eigenvalue weighted by Gasteiger charge is 2.12. The Morgan fingerprint density at radius 3 is 2.76 bits per heavy atom. The zero-order chi connectivity index (χ0) is 20.1. The summed E-state index contributed by atoms with van der Waals surface area (Å²) in [4.78, 5) is 27.5. The van der Waals surface area contributed by atoms with Gasteiger partial charge in [-0.05, 0) is 23.6 Å². The molecular weight excluding hydrogens is 386 g/mol. The number of nitrogens with zero attached hydrogens (tertiary/aromatic N) is 2. The number of rotatable bonds is 8. The van der Waals surface area contributed by atoms with Crippen LogP contribution >= 0.6 is 11.8 Å². The molecule has 0 aliphatic carbocycles. The van der Waals surface area contributed by atoms with Gasteiger partial charge in [0, 0.05) is 23.6 Å². The maximum atomic E-state index is 12.2. The second-order valence-electron chi connectivity index (χ2n) is 6.63. The van der Waals surface area contributed by atoms with Crippen molar-refractivity contribution in [2.24, 2.45) is 0 Å². The molecule has 4 rings (SSSR count). The third-order valence-corrected chi connectivity index (χ3v) is 5.61. The molecule has 0 aliphatic heterocycles. The number of amides is 1. The highest BCUT2D eigenvalue weighted by molar-refractivity contribution is 7.99. The molecule has 0 radical (unpaired) electrons. The lowest BCUT2D eigenvalue weighted by Crippen LogP contribution is -2.27. The first-order chi connectivity index (χ1) is 14.2. The monoisotopic (exact) mass is 407 g/mol. The average molecular weight is 407 g/mol. The normalized spacial score (nSPS) is 11.0. The van der Waals surface area contributed by atoms with Gasteiger partial charge in [0.2, 0.25) is 5.91 Å². The van der Waals surface area contributed by atoms with Crippen LogP contribution in [0.2, 0.25) is 0 Å². The highest BCUT2D eigenvalue weighted by atomic mass is 32.2. The van der Waals surface area contributed by atoms with Crippen LogP contribution in [0.4, 0.5) is 0 Å². The van der Waals surface area contributed by atoms with Gasteiger partial charge < -0.3 is 10.3 Å². The highest BCUT2D eigenvalue weighted by Crippen LogP contribution is 2.18. The average Bonchev–Trinajstić information content (AvgIpc) is 3.31. The Bertz CT molecular complexity index is 1160. The first kappa shape index (κ1) is 19.1. The standard InChI is InChI=1S/C21H21N5O2S/c27-19(22-11-10-16-12-23-18-9-5-4-8-17(16)18)14-29-21-25-24-20(28)26(21)13-15-6-2-1-3-7-15/h1-9,12,23H,10-11,13-14H2,(H,22,27)(H,24,28). The summed E-state index contributed by atoms with van der Waals surface area (Å²) >= 11 is 1.25. The summed E-state index contributed by atoms with van der Waals surface area (Å²) in [5.74, 6) is 0.115. The summed E-state index contributed by atoms with van der Waals surface area (Å²) in [5, 5.41) is 11.1. The number of aromatic nitrogens is 4. The van der Waals surface area contributed by atoms with Crippen LogP contribution in [0.25, 0.3) is 10.9 Å².